The van der Waals surface area contributed by atoms with Crippen molar-refractivity contribution in [2.45, 2.75) is 45.3 Å². The largest absolute Gasteiger partial charge is 0.379 e. The van der Waals surface area contributed by atoms with Crippen LogP contribution in [0.4, 0.5) is 0 Å². The first kappa shape index (κ1) is 11.0. The van der Waals surface area contributed by atoms with Gasteiger partial charge in [-0.25, -0.2) is 0 Å². The summed E-state index contributed by atoms with van der Waals surface area (Å²) in [6, 6.07) is 0.317. The van der Waals surface area contributed by atoms with Crippen LogP contribution in [-0.2, 0) is 4.74 Å². The first-order valence-electron chi connectivity index (χ1n) is 5.18. The van der Waals surface area contributed by atoms with Crippen LogP contribution in [0.3, 0.4) is 0 Å². The lowest BCUT2D eigenvalue weighted by Crippen LogP contribution is -2.46. The molecule has 0 saturated heterocycles. The van der Waals surface area contributed by atoms with Crippen LogP contribution in [-0.4, -0.2) is 19.3 Å². The lowest BCUT2D eigenvalue weighted by atomic mass is 9.97. The van der Waals surface area contributed by atoms with E-state index in [-0.39, 0.29) is 0 Å². The second-order valence-corrected chi connectivity index (χ2v) is 4.44. The number of nitrogens with one attached hydrogen (secondary N) is 1. The zero-order valence-corrected chi connectivity index (χ0v) is 8.92. The molecule has 3 N–H and O–H groups in total. The molecule has 0 spiro atoms. The molecule has 13 heavy (non-hydrogen) atoms. The van der Waals surface area contributed by atoms with Crippen molar-refractivity contribution in [1.29, 1.82) is 0 Å². The van der Waals surface area contributed by atoms with Crippen molar-refractivity contribution in [3.63, 3.8) is 0 Å². The first-order valence-corrected chi connectivity index (χ1v) is 5.18. The second-order valence-electron chi connectivity index (χ2n) is 4.44. The third-order valence-electron chi connectivity index (χ3n) is 2.69. The maximum absolute atomic E-state index is 5.53. The van der Waals surface area contributed by atoms with E-state index in [1.807, 2.05) is 0 Å². The minimum atomic E-state index is 0.312. The van der Waals surface area contributed by atoms with Gasteiger partial charge < -0.3 is 4.74 Å². The van der Waals surface area contributed by atoms with Crippen LogP contribution >= 0.6 is 0 Å². The number of methoxy groups -OCH3 is 1. The minimum Gasteiger partial charge on any atom is -0.379 e. The molecule has 0 heterocycles. The molecule has 0 aliphatic heterocycles. The Morgan fingerprint density at radius 2 is 2.08 bits per heavy atom. The Labute approximate surface area is 81.0 Å². The standard InChI is InChI=1S/C10H22N2O/c1-7(2)6-9(12-11)10(13-3)8-4-5-8/h7-10,12H,4-6,11H2,1-3H3. The molecule has 2 unspecified atom stereocenters. The second kappa shape index (κ2) is 4.94. The molecule has 1 saturated carbocycles. The van der Waals surface area contributed by atoms with Gasteiger partial charge in [-0.1, -0.05) is 13.8 Å². The summed E-state index contributed by atoms with van der Waals surface area (Å²) in [7, 11) is 1.79. The van der Waals surface area contributed by atoms with Crippen molar-refractivity contribution in [2.24, 2.45) is 17.7 Å². The van der Waals surface area contributed by atoms with E-state index in [1.165, 1.54) is 12.8 Å². The van der Waals surface area contributed by atoms with E-state index < -0.39 is 0 Å². The lowest BCUT2D eigenvalue weighted by Gasteiger charge is -2.26. The number of hydrogen-bond donors (Lipinski definition) is 2. The van der Waals surface area contributed by atoms with Crippen LogP contribution in [0.15, 0.2) is 0 Å². The highest BCUT2D eigenvalue weighted by atomic mass is 16.5. The number of rotatable bonds is 6. The van der Waals surface area contributed by atoms with Gasteiger partial charge in [-0.3, -0.25) is 11.3 Å². The number of nitrogens with two attached hydrogens (primary N) is 1. The summed E-state index contributed by atoms with van der Waals surface area (Å²) in [6.45, 7) is 4.42. The van der Waals surface area contributed by atoms with Crippen LogP contribution in [0.25, 0.3) is 0 Å². The molecule has 0 bridgehead atoms. The fraction of sp³-hybridized carbons (Fsp3) is 1.00. The molecule has 0 aromatic carbocycles. The quantitative estimate of drug-likeness (QED) is 0.485. The van der Waals surface area contributed by atoms with Gasteiger partial charge in [0.2, 0.25) is 0 Å². The SMILES string of the molecule is COC(C1CC1)C(CC(C)C)NN. The topological polar surface area (TPSA) is 47.3 Å². The van der Waals surface area contributed by atoms with Crippen molar-refractivity contribution < 1.29 is 4.74 Å². The highest BCUT2D eigenvalue weighted by Gasteiger charge is 2.36. The summed E-state index contributed by atoms with van der Waals surface area (Å²) in [5.41, 5.74) is 2.88. The molecule has 3 heteroatoms. The molecule has 1 aliphatic rings. The Bertz CT molecular complexity index is 146. The Hall–Kier alpha value is -0.120. The Morgan fingerprint density at radius 3 is 2.38 bits per heavy atom. The van der Waals surface area contributed by atoms with E-state index in [0.717, 1.165) is 12.3 Å². The summed E-state index contributed by atoms with van der Waals surface area (Å²) >= 11 is 0. The van der Waals surface area contributed by atoms with Crippen molar-refractivity contribution in [3.8, 4) is 0 Å². The number of ether oxygens (including phenoxy) is 1. The molecule has 0 aromatic rings. The summed E-state index contributed by atoms with van der Waals surface area (Å²) in [4.78, 5) is 0. The van der Waals surface area contributed by atoms with E-state index >= 15 is 0 Å². The van der Waals surface area contributed by atoms with Crippen molar-refractivity contribution in [2.75, 3.05) is 7.11 Å². The van der Waals surface area contributed by atoms with Gasteiger partial charge in [0, 0.05) is 13.2 Å². The normalized spacial score (nSPS) is 21.9. The lowest BCUT2D eigenvalue weighted by molar-refractivity contribution is 0.0445. The summed E-state index contributed by atoms with van der Waals surface area (Å²) < 4.78 is 5.49. The molecule has 2 atom stereocenters. The smallest absolute Gasteiger partial charge is 0.0765 e. The summed E-state index contributed by atoms with van der Waals surface area (Å²) in [5.74, 6) is 6.94. The Kier molecular flexibility index (Phi) is 4.16. The van der Waals surface area contributed by atoms with Gasteiger partial charge in [-0.2, -0.15) is 0 Å². The molecule has 1 aliphatic carbocycles. The zero-order valence-electron chi connectivity index (χ0n) is 8.92. The molecular formula is C10H22N2O. The van der Waals surface area contributed by atoms with Crippen LogP contribution < -0.4 is 11.3 Å². The highest BCUT2D eigenvalue weighted by molar-refractivity contribution is 4.89. The van der Waals surface area contributed by atoms with Gasteiger partial charge in [-0.15, -0.1) is 0 Å². The predicted octanol–water partition coefficient (Wildman–Crippen LogP) is 1.29. The minimum absolute atomic E-state index is 0.312. The van der Waals surface area contributed by atoms with Gasteiger partial charge in [0.15, 0.2) is 0 Å². The molecule has 0 radical (unpaired) electrons. The summed E-state index contributed by atoms with van der Waals surface area (Å²) in [6.07, 6.45) is 4.00. The van der Waals surface area contributed by atoms with Crippen LogP contribution in [0, 0.1) is 11.8 Å². The predicted molar refractivity (Wildman–Crippen MR) is 54.1 cm³/mol. The third-order valence-corrected chi connectivity index (χ3v) is 2.69. The van der Waals surface area contributed by atoms with E-state index in [1.54, 1.807) is 7.11 Å². The van der Waals surface area contributed by atoms with Gasteiger partial charge in [0.1, 0.15) is 0 Å². The van der Waals surface area contributed by atoms with Crippen molar-refractivity contribution in [1.82, 2.24) is 5.43 Å². The first-order chi connectivity index (χ1) is 6.19. The average molecular weight is 186 g/mol. The molecule has 0 amide bonds. The maximum atomic E-state index is 5.53. The van der Waals surface area contributed by atoms with Crippen LogP contribution in [0.1, 0.15) is 33.1 Å². The van der Waals surface area contributed by atoms with Gasteiger partial charge >= 0.3 is 0 Å². The van der Waals surface area contributed by atoms with Crippen LogP contribution in [0.2, 0.25) is 0 Å². The van der Waals surface area contributed by atoms with Gasteiger partial charge in [-0.05, 0) is 31.1 Å². The van der Waals surface area contributed by atoms with Crippen molar-refractivity contribution >= 4 is 0 Å². The van der Waals surface area contributed by atoms with Gasteiger partial charge in [0.25, 0.3) is 0 Å². The molecule has 1 rings (SSSR count). The van der Waals surface area contributed by atoms with Crippen LogP contribution in [0.5, 0.6) is 0 Å². The fourth-order valence-electron chi connectivity index (χ4n) is 1.91. The third kappa shape index (κ3) is 3.25. The Morgan fingerprint density at radius 1 is 1.46 bits per heavy atom. The molecule has 1 fully saturated rings. The molecule has 3 nitrogen and oxygen atoms in total. The monoisotopic (exact) mass is 186 g/mol. The zero-order chi connectivity index (χ0) is 9.84. The van der Waals surface area contributed by atoms with E-state index in [2.05, 4.69) is 19.3 Å². The fourth-order valence-corrected chi connectivity index (χ4v) is 1.91. The summed E-state index contributed by atoms with van der Waals surface area (Å²) in [5, 5.41) is 0. The maximum Gasteiger partial charge on any atom is 0.0765 e. The average Bonchev–Trinajstić information content (AvgIpc) is 2.87. The van der Waals surface area contributed by atoms with E-state index in [4.69, 9.17) is 10.6 Å². The van der Waals surface area contributed by atoms with E-state index in [9.17, 15) is 0 Å². The number of hydrogen-bond acceptors (Lipinski definition) is 3. The van der Waals surface area contributed by atoms with Gasteiger partial charge in [0.05, 0.1) is 6.10 Å². The highest BCUT2D eigenvalue weighted by Crippen LogP contribution is 2.36. The van der Waals surface area contributed by atoms with E-state index in [0.29, 0.717) is 18.1 Å². The van der Waals surface area contributed by atoms with Crippen molar-refractivity contribution in [3.05, 3.63) is 0 Å². The molecule has 78 valence electrons. The number of hydrazine groups is 1. The Balaban J connectivity index is 2.41. The molecule has 0 aromatic heterocycles. The molecular weight excluding hydrogens is 164 g/mol.